The third kappa shape index (κ3) is 40.9. The quantitative estimate of drug-likeness (QED) is 0.0236. The Bertz CT molecular complexity index is 1270. The largest absolute Gasteiger partial charge is 0.480 e. The summed E-state index contributed by atoms with van der Waals surface area (Å²) in [4.78, 5) is 33.5. The molecule has 4 N–H and O–H groups in total. The molecular weight excluding hydrogens is 741 g/mol. The van der Waals surface area contributed by atoms with Crippen LogP contribution >= 0.6 is 7.82 Å². The van der Waals surface area contributed by atoms with Gasteiger partial charge in [-0.3, -0.25) is 18.6 Å². The highest BCUT2D eigenvalue weighted by atomic mass is 31.2. The number of allylic oxidation sites excluding steroid dienone is 16. The Hall–Kier alpha value is -3.11. The molecule has 0 aliphatic carbocycles. The van der Waals surface area contributed by atoms with Crippen molar-refractivity contribution >= 4 is 19.8 Å². The number of phosphoric acid groups is 1. The molecule has 0 heterocycles. The van der Waals surface area contributed by atoms with E-state index >= 15 is 0 Å². The molecular formula is C46H76NO9P. The maximum absolute atomic E-state index is 12.6. The van der Waals surface area contributed by atoms with Crippen LogP contribution < -0.4 is 5.73 Å². The predicted molar refractivity (Wildman–Crippen MR) is 235 cm³/mol. The van der Waals surface area contributed by atoms with E-state index in [9.17, 15) is 19.0 Å². The Kier molecular flexibility index (Phi) is 38.8. The Balaban J connectivity index is 4.33. The highest BCUT2D eigenvalue weighted by Gasteiger charge is 2.27. The summed E-state index contributed by atoms with van der Waals surface area (Å²) >= 11 is 0. The first kappa shape index (κ1) is 53.9. The second kappa shape index (κ2) is 41.1. The molecule has 0 bridgehead atoms. The highest BCUT2D eigenvalue weighted by Crippen LogP contribution is 2.43. The lowest BCUT2D eigenvalue weighted by Crippen LogP contribution is -2.34. The molecule has 0 aromatic carbocycles. The number of ether oxygens (including phenoxy) is 2. The number of carbonyl (C=O) groups is 2. The van der Waals surface area contributed by atoms with E-state index in [2.05, 4.69) is 111 Å². The SMILES string of the molecule is CC/C=C\C/C=C\C/C=C\C/C=C\CCCCCCCCCCC(=O)OC(COCCC/C=C\C/C=C\C/C=C\C/C=C\CC)COP(=O)(O)OCC(N)C(=O)O. The van der Waals surface area contributed by atoms with Crippen molar-refractivity contribution < 1.29 is 42.7 Å². The maximum Gasteiger partial charge on any atom is 0.472 e. The molecule has 0 fully saturated rings. The fourth-order valence-corrected chi connectivity index (χ4v) is 5.90. The van der Waals surface area contributed by atoms with Crippen LogP contribution in [0.5, 0.6) is 0 Å². The zero-order valence-electron chi connectivity index (χ0n) is 35.1. The molecule has 324 valence electrons. The lowest BCUT2D eigenvalue weighted by Gasteiger charge is -2.20. The Morgan fingerprint density at radius 3 is 1.44 bits per heavy atom. The molecule has 0 aromatic rings. The molecule has 0 saturated heterocycles. The molecule has 0 radical (unpaired) electrons. The summed E-state index contributed by atoms with van der Waals surface area (Å²) in [5.74, 6) is -1.82. The van der Waals surface area contributed by atoms with Crippen molar-refractivity contribution in [3.05, 3.63) is 97.2 Å². The van der Waals surface area contributed by atoms with Gasteiger partial charge in [0, 0.05) is 13.0 Å². The van der Waals surface area contributed by atoms with Gasteiger partial charge in [-0.05, 0) is 83.5 Å². The standard InChI is InChI=1S/C46H76NO9P/c1-3-5-7-9-11-13-15-17-19-20-21-22-23-24-25-26-28-30-32-34-36-38-45(48)56-43(41-54-57(51,52)55-42-44(47)46(49)50)40-53-39-37-35-33-31-29-27-18-16-14-12-10-8-6-4-2/h5-8,11-14,17-19,21-22,27,31,33,43-44H,3-4,9-10,15-16,20,23-26,28-30,32,34-42,47H2,1-2H3,(H,49,50)(H,51,52)/b7-5-,8-6-,13-11-,14-12-,19-17-,22-21-,27-18-,33-31-. The van der Waals surface area contributed by atoms with E-state index in [1.807, 2.05) is 0 Å². The molecule has 0 aromatic heterocycles. The van der Waals surface area contributed by atoms with Crippen LogP contribution in [0.1, 0.15) is 142 Å². The molecule has 0 saturated carbocycles. The topological polar surface area (TPSA) is 155 Å². The molecule has 0 aliphatic rings. The van der Waals surface area contributed by atoms with Crippen molar-refractivity contribution in [2.45, 2.75) is 154 Å². The normalized spacial score (nSPS) is 14.9. The fraction of sp³-hybridized carbons (Fsp3) is 0.609. The van der Waals surface area contributed by atoms with Gasteiger partial charge in [-0.2, -0.15) is 0 Å². The number of unbranched alkanes of at least 4 members (excludes halogenated alkanes) is 9. The number of phosphoric ester groups is 1. The lowest BCUT2D eigenvalue weighted by atomic mass is 10.1. The Labute approximate surface area is 345 Å². The van der Waals surface area contributed by atoms with Crippen LogP contribution in [-0.4, -0.2) is 60.5 Å². The van der Waals surface area contributed by atoms with Crippen molar-refractivity contribution in [2.75, 3.05) is 26.4 Å². The number of esters is 1. The van der Waals surface area contributed by atoms with E-state index in [1.165, 1.54) is 25.7 Å². The molecule has 11 heteroatoms. The van der Waals surface area contributed by atoms with E-state index < -0.39 is 45.1 Å². The molecule has 0 spiro atoms. The number of carboxylic acid groups (broad SMARTS) is 1. The van der Waals surface area contributed by atoms with E-state index in [0.29, 0.717) is 13.0 Å². The van der Waals surface area contributed by atoms with Crippen LogP contribution in [0.4, 0.5) is 0 Å². The molecule has 3 unspecified atom stereocenters. The number of hydrogen-bond acceptors (Lipinski definition) is 8. The summed E-state index contributed by atoms with van der Waals surface area (Å²) in [6, 6.07) is -1.49. The minimum Gasteiger partial charge on any atom is -0.480 e. The van der Waals surface area contributed by atoms with E-state index in [4.69, 9.17) is 29.4 Å². The van der Waals surface area contributed by atoms with Gasteiger partial charge in [0.1, 0.15) is 12.1 Å². The van der Waals surface area contributed by atoms with Crippen LogP contribution in [0.15, 0.2) is 97.2 Å². The number of carbonyl (C=O) groups excluding carboxylic acids is 1. The predicted octanol–water partition coefficient (Wildman–Crippen LogP) is 11.8. The second-order valence-electron chi connectivity index (χ2n) is 13.7. The van der Waals surface area contributed by atoms with Crippen LogP contribution in [0.2, 0.25) is 0 Å². The third-order valence-electron chi connectivity index (χ3n) is 8.36. The summed E-state index contributed by atoms with van der Waals surface area (Å²) in [5.41, 5.74) is 5.35. The first-order chi connectivity index (χ1) is 27.7. The van der Waals surface area contributed by atoms with Crippen molar-refractivity contribution in [3.8, 4) is 0 Å². The third-order valence-corrected chi connectivity index (χ3v) is 9.31. The first-order valence-corrected chi connectivity index (χ1v) is 22.8. The molecule has 0 amide bonds. The number of hydrogen-bond donors (Lipinski definition) is 3. The van der Waals surface area contributed by atoms with Crippen LogP contribution in [-0.2, 0) is 32.7 Å². The molecule has 3 atom stereocenters. The van der Waals surface area contributed by atoms with E-state index in [1.54, 1.807) is 0 Å². The number of nitrogens with two attached hydrogens (primary N) is 1. The summed E-state index contributed by atoms with van der Waals surface area (Å²) in [6.45, 7) is 3.47. The molecule has 57 heavy (non-hydrogen) atoms. The first-order valence-electron chi connectivity index (χ1n) is 21.3. The van der Waals surface area contributed by atoms with E-state index in [0.717, 1.165) is 89.9 Å². The van der Waals surface area contributed by atoms with Gasteiger partial charge in [0.15, 0.2) is 0 Å². The average Bonchev–Trinajstić information content (AvgIpc) is 3.19. The lowest BCUT2D eigenvalue weighted by molar-refractivity contribution is -0.154. The van der Waals surface area contributed by atoms with Crippen molar-refractivity contribution in [3.63, 3.8) is 0 Å². The summed E-state index contributed by atoms with van der Waals surface area (Å²) < 4.78 is 33.2. The van der Waals surface area contributed by atoms with E-state index in [-0.39, 0.29) is 13.0 Å². The number of aliphatic carboxylic acids is 1. The average molecular weight is 818 g/mol. The Morgan fingerprint density at radius 1 is 0.561 bits per heavy atom. The van der Waals surface area contributed by atoms with Crippen LogP contribution in [0, 0.1) is 0 Å². The van der Waals surface area contributed by atoms with Gasteiger partial charge in [0.05, 0.1) is 19.8 Å². The zero-order chi connectivity index (χ0) is 41.9. The minimum absolute atomic E-state index is 0.0309. The van der Waals surface area contributed by atoms with Gasteiger partial charge in [-0.15, -0.1) is 0 Å². The number of rotatable bonds is 39. The van der Waals surface area contributed by atoms with Gasteiger partial charge in [0.2, 0.25) is 0 Å². The second-order valence-corrected chi connectivity index (χ2v) is 15.2. The minimum atomic E-state index is -4.64. The fourth-order valence-electron chi connectivity index (χ4n) is 5.13. The molecule has 0 rings (SSSR count). The molecule has 10 nitrogen and oxygen atoms in total. The number of carboxylic acids is 1. The van der Waals surface area contributed by atoms with Crippen molar-refractivity contribution in [2.24, 2.45) is 5.73 Å². The highest BCUT2D eigenvalue weighted by molar-refractivity contribution is 7.47. The summed E-state index contributed by atoms with van der Waals surface area (Å²) in [7, 11) is -4.64. The van der Waals surface area contributed by atoms with Crippen molar-refractivity contribution in [1.29, 1.82) is 0 Å². The monoisotopic (exact) mass is 818 g/mol. The van der Waals surface area contributed by atoms with Crippen molar-refractivity contribution in [1.82, 2.24) is 0 Å². The summed E-state index contributed by atoms with van der Waals surface area (Å²) in [5, 5.41) is 8.89. The van der Waals surface area contributed by atoms with Gasteiger partial charge in [-0.25, -0.2) is 4.57 Å². The smallest absolute Gasteiger partial charge is 0.472 e. The van der Waals surface area contributed by atoms with Gasteiger partial charge in [0.25, 0.3) is 0 Å². The molecule has 0 aliphatic heterocycles. The summed E-state index contributed by atoms with van der Waals surface area (Å²) in [6.07, 6.45) is 53.3. The van der Waals surface area contributed by atoms with Gasteiger partial charge in [-0.1, -0.05) is 150 Å². The maximum atomic E-state index is 12.6. The van der Waals surface area contributed by atoms with Crippen LogP contribution in [0.25, 0.3) is 0 Å². The Morgan fingerprint density at radius 2 is 0.965 bits per heavy atom. The zero-order valence-corrected chi connectivity index (χ0v) is 36.0. The van der Waals surface area contributed by atoms with Crippen LogP contribution in [0.3, 0.4) is 0 Å². The van der Waals surface area contributed by atoms with Gasteiger partial charge < -0.3 is 25.2 Å². The van der Waals surface area contributed by atoms with Gasteiger partial charge >= 0.3 is 19.8 Å².